The molecule has 4 nitrogen and oxygen atoms in total. The number of rotatable bonds is 4. The third-order valence-corrected chi connectivity index (χ3v) is 5.13. The molecule has 1 heterocycles. The highest BCUT2D eigenvalue weighted by atomic mass is 127. The van der Waals surface area contributed by atoms with E-state index in [0.29, 0.717) is 12.4 Å². The van der Waals surface area contributed by atoms with Crippen molar-refractivity contribution in [3.63, 3.8) is 0 Å². The van der Waals surface area contributed by atoms with Crippen LogP contribution >= 0.6 is 38.8 Å². The Balaban J connectivity index is 2.50. The molecule has 0 saturated carbocycles. The molecular formula is C14H13BrF2IN3O. The maximum Gasteiger partial charge on any atom is 0.270 e. The monoisotopic (exact) mass is 483 g/mol. The second-order valence-electron chi connectivity index (χ2n) is 4.52. The Labute approximate surface area is 149 Å². The summed E-state index contributed by atoms with van der Waals surface area (Å²) in [5.41, 5.74) is -0.360. The predicted octanol–water partition coefficient (Wildman–Crippen LogP) is 3.65. The molecule has 0 fully saturated rings. The topological polar surface area (TPSA) is 35.6 Å². The second kappa shape index (κ2) is 6.95. The number of hydrogen-bond acceptors (Lipinski definition) is 3. The summed E-state index contributed by atoms with van der Waals surface area (Å²) in [5, 5.41) is 3.03. The summed E-state index contributed by atoms with van der Waals surface area (Å²) in [4.78, 5) is 13.6. The number of anilines is 1. The molecule has 0 aliphatic carbocycles. The highest BCUT2D eigenvalue weighted by Gasteiger charge is 2.38. The molecule has 1 aliphatic rings. The molecule has 1 aromatic carbocycles. The fourth-order valence-corrected chi connectivity index (χ4v) is 3.60. The number of para-hydroxylation sites is 1. The number of amides is 1. The molecule has 2 rings (SSSR count). The van der Waals surface area contributed by atoms with Gasteiger partial charge >= 0.3 is 0 Å². The number of nitrogens with zero attached hydrogens (tertiary/aromatic N) is 2. The first kappa shape index (κ1) is 17.2. The van der Waals surface area contributed by atoms with E-state index in [1.54, 1.807) is 16.1 Å². The zero-order valence-electron chi connectivity index (χ0n) is 11.6. The smallest absolute Gasteiger partial charge is 0.270 e. The van der Waals surface area contributed by atoms with Crippen LogP contribution in [-0.2, 0) is 4.79 Å². The van der Waals surface area contributed by atoms with E-state index in [2.05, 4.69) is 27.8 Å². The van der Waals surface area contributed by atoms with Crippen LogP contribution in [0.1, 0.15) is 6.92 Å². The summed E-state index contributed by atoms with van der Waals surface area (Å²) in [6, 6.07) is 3.51. The van der Waals surface area contributed by atoms with E-state index in [1.165, 1.54) is 6.07 Å². The molecule has 0 saturated heterocycles. The Bertz CT molecular complexity index is 633. The summed E-state index contributed by atoms with van der Waals surface area (Å²) in [6.45, 7) is 5.75. The van der Waals surface area contributed by atoms with Gasteiger partial charge in [-0.2, -0.15) is 0 Å². The molecule has 1 unspecified atom stereocenters. The molecule has 1 amide bonds. The number of benzene rings is 1. The zero-order valence-corrected chi connectivity index (χ0v) is 15.4. The lowest BCUT2D eigenvalue weighted by Gasteiger charge is -2.40. The first-order chi connectivity index (χ1) is 10.4. The van der Waals surface area contributed by atoms with Crippen molar-refractivity contribution in [2.24, 2.45) is 0 Å². The molecule has 8 heteroatoms. The molecule has 22 heavy (non-hydrogen) atoms. The van der Waals surface area contributed by atoms with Gasteiger partial charge in [0.05, 0.1) is 22.9 Å². The molecular weight excluding hydrogens is 471 g/mol. The van der Waals surface area contributed by atoms with E-state index in [0.717, 1.165) is 17.0 Å². The number of carbonyl (C=O) groups is 1. The third-order valence-electron chi connectivity index (χ3n) is 3.12. The molecule has 1 atom stereocenters. The minimum absolute atomic E-state index is 0.199. The summed E-state index contributed by atoms with van der Waals surface area (Å²) in [5.74, 6) is -1.55. The van der Waals surface area contributed by atoms with Gasteiger partial charge < -0.3 is 5.32 Å². The van der Waals surface area contributed by atoms with Gasteiger partial charge in [0.25, 0.3) is 5.91 Å². The van der Waals surface area contributed by atoms with Crippen LogP contribution in [0.4, 0.5) is 14.5 Å². The molecule has 0 spiro atoms. The van der Waals surface area contributed by atoms with E-state index in [1.807, 2.05) is 22.9 Å². The number of carbonyl (C=O) groups excluding carboxylic acids is 1. The van der Waals surface area contributed by atoms with Crippen molar-refractivity contribution >= 4 is 50.4 Å². The van der Waals surface area contributed by atoms with Crippen LogP contribution in [0.3, 0.4) is 0 Å². The summed E-state index contributed by atoms with van der Waals surface area (Å²) in [6.07, 6.45) is 1.07. The normalized spacial score (nSPS) is 18.8. The van der Waals surface area contributed by atoms with Crippen LogP contribution < -0.4 is 10.2 Å². The van der Waals surface area contributed by atoms with Gasteiger partial charge in [-0.15, -0.1) is 6.58 Å². The van der Waals surface area contributed by atoms with Crippen molar-refractivity contribution in [1.82, 2.24) is 8.43 Å². The van der Waals surface area contributed by atoms with E-state index >= 15 is 0 Å². The predicted molar refractivity (Wildman–Crippen MR) is 93.3 cm³/mol. The molecule has 1 aliphatic heterocycles. The fourth-order valence-electron chi connectivity index (χ4n) is 2.09. The lowest BCUT2D eigenvalue weighted by atomic mass is 10.2. The van der Waals surface area contributed by atoms with Crippen LogP contribution in [0, 0.1) is 11.6 Å². The van der Waals surface area contributed by atoms with Gasteiger partial charge in [-0.05, 0) is 35.0 Å². The number of hydrogen-bond donors (Lipinski definition) is 1. The average Bonchev–Trinajstić information content (AvgIpc) is 2.48. The number of nitrogens with one attached hydrogen (secondary N) is 1. The SMILES string of the molecule is C=CCNC1=C(Br)C(=O)N(c2c(F)cccc2F)C(C)N1I. The zero-order chi connectivity index (χ0) is 16.4. The fraction of sp³-hybridized carbons (Fsp3) is 0.214. The number of halogens is 4. The van der Waals surface area contributed by atoms with E-state index in [9.17, 15) is 13.6 Å². The van der Waals surface area contributed by atoms with Crippen molar-refractivity contribution in [3.05, 3.63) is 52.8 Å². The standard InChI is InChI=1S/C14H13BrF2IN3O/c1-3-7-19-13-11(15)14(22)20(8(2)21(13)18)12-9(16)5-4-6-10(12)17/h3-6,8,19H,1,7H2,2H3. The van der Waals surface area contributed by atoms with Crippen molar-refractivity contribution in [1.29, 1.82) is 0 Å². The molecule has 118 valence electrons. The summed E-state index contributed by atoms with van der Waals surface area (Å²) in [7, 11) is 0. The maximum atomic E-state index is 14.0. The van der Waals surface area contributed by atoms with Gasteiger partial charge in [0.15, 0.2) is 0 Å². The first-order valence-corrected chi connectivity index (χ1v) is 8.13. The molecule has 1 aromatic rings. The summed E-state index contributed by atoms with van der Waals surface area (Å²) >= 11 is 5.19. The minimum atomic E-state index is -0.784. The molecule has 0 bridgehead atoms. The van der Waals surface area contributed by atoms with Crippen LogP contribution in [0.2, 0.25) is 0 Å². The van der Waals surface area contributed by atoms with Gasteiger partial charge in [-0.25, -0.2) is 8.78 Å². The van der Waals surface area contributed by atoms with Crippen molar-refractivity contribution in [2.45, 2.75) is 13.1 Å². The van der Waals surface area contributed by atoms with E-state index < -0.39 is 23.7 Å². The Morgan fingerprint density at radius 3 is 2.59 bits per heavy atom. The Kier molecular flexibility index (Phi) is 5.43. The van der Waals surface area contributed by atoms with Gasteiger partial charge in [-0.3, -0.25) is 12.8 Å². The highest BCUT2D eigenvalue weighted by molar-refractivity contribution is 14.1. The Morgan fingerprint density at radius 2 is 2.05 bits per heavy atom. The quantitative estimate of drug-likeness (QED) is 0.403. The Hall–Kier alpha value is -1.16. The van der Waals surface area contributed by atoms with Crippen molar-refractivity contribution in [2.75, 3.05) is 11.4 Å². The van der Waals surface area contributed by atoms with Crippen molar-refractivity contribution < 1.29 is 13.6 Å². The summed E-state index contributed by atoms with van der Waals surface area (Å²) < 4.78 is 29.9. The average molecular weight is 484 g/mol. The van der Waals surface area contributed by atoms with Gasteiger partial charge in [0, 0.05) is 6.54 Å². The molecule has 1 N–H and O–H groups in total. The molecule has 0 radical (unpaired) electrons. The lowest BCUT2D eigenvalue weighted by molar-refractivity contribution is -0.115. The van der Waals surface area contributed by atoms with Crippen LogP contribution in [0.5, 0.6) is 0 Å². The minimum Gasteiger partial charge on any atom is -0.367 e. The van der Waals surface area contributed by atoms with Crippen LogP contribution in [0.25, 0.3) is 0 Å². The van der Waals surface area contributed by atoms with Gasteiger partial charge in [0.1, 0.15) is 33.8 Å². The Morgan fingerprint density at radius 1 is 1.45 bits per heavy atom. The van der Waals surface area contributed by atoms with Crippen LogP contribution in [0.15, 0.2) is 41.2 Å². The van der Waals surface area contributed by atoms with Gasteiger partial charge in [0.2, 0.25) is 0 Å². The first-order valence-electron chi connectivity index (χ1n) is 6.37. The van der Waals surface area contributed by atoms with Crippen LogP contribution in [-0.4, -0.2) is 21.7 Å². The maximum absolute atomic E-state index is 14.0. The van der Waals surface area contributed by atoms with Crippen molar-refractivity contribution in [3.8, 4) is 0 Å². The lowest BCUT2D eigenvalue weighted by Crippen LogP contribution is -2.53. The largest absolute Gasteiger partial charge is 0.367 e. The molecule has 0 aromatic heterocycles. The van der Waals surface area contributed by atoms with Gasteiger partial charge in [-0.1, -0.05) is 12.1 Å². The van der Waals surface area contributed by atoms with E-state index in [4.69, 9.17) is 0 Å². The van der Waals surface area contributed by atoms with E-state index in [-0.39, 0.29) is 10.2 Å². The third kappa shape index (κ3) is 2.98. The second-order valence-corrected chi connectivity index (χ2v) is 6.35. The highest BCUT2D eigenvalue weighted by Crippen LogP contribution is 2.35.